The van der Waals surface area contributed by atoms with Crippen molar-refractivity contribution >= 4 is 84.4 Å². The van der Waals surface area contributed by atoms with Crippen molar-refractivity contribution in [1.82, 2.24) is 0 Å². The zero-order valence-electron chi connectivity index (χ0n) is 79.1. The van der Waals surface area contributed by atoms with Crippen molar-refractivity contribution < 1.29 is 58.8 Å². The number of phenolic OH excluding ortho intramolecular Hbond substituents is 5. The molecule has 5 N–H and O–H groups in total. The molecule has 0 amide bonds. The van der Waals surface area contributed by atoms with Crippen LogP contribution in [-0.4, -0.2) is 110 Å². The van der Waals surface area contributed by atoms with Gasteiger partial charge in [-0.1, -0.05) is 142 Å². The third-order valence-electron chi connectivity index (χ3n) is 22.7. The summed E-state index contributed by atoms with van der Waals surface area (Å²) in [5, 5.41) is 55.3. The molecule has 0 radical (unpaired) electrons. The minimum atomic E-state index is -3.00. The van der Waals surface area contributed by atoms with Crippen molar-refractivity contribution in [2.45, 2.75) is 386 Å². The second-order valence-corrected chi connectivity index (χ2v) is 82.3. The van der Waals surface area contributed by atoms with Crippen LogP contribution in [0.3, 0.4) is 0 Å². The highest BCUT2D eigenvalue weighted by molar-refractivity contribution is 6.91. The molecule has 0 aromatic heterocycles. The molecule has 13 nitrogen and oxygen atoms in total. The summed E-state index contributed by atoms with van der Waals surface area (Å²) in [5.41, 5.74) is 9.71. The third kappa shape index (κ3) is 37.5. The highest BCUT2D eigenvalue weighted by atomic mass is 28.5. The van der Waals surface area contributed by atoms with Gasteiger partial charge in [0.05, 0.1) is 0 Å². The maximum Gasteiger partial charge on any atom is 0.541 e. The van der Waals surface area contributed by atoms with E-state index in [0.717, 1.165) is 117 Å². The largest absolute Gasteiger partial charge is 0.541 e. The van der Waals surface area contributed by atoms with Crippen molar-refractivity contribution in [3.8, 4) is 34.5 Å². The molecule has 0 heterocycles. The van der Waals surface area contributed by atoms with Gasteiger partial charge in [0.15, 0.2) is 49.9 Å². The van der Waals surface area contributed by atoms with E-state index in [9.17, 15) is 25.5 Å². The van der Waals surface area contributed by atoms with Crippen LogP contribution in [0.2, 0.25) is 162 Å². The third-order valence-corrected chi connectivity index (χ3v) is 56.9. The normalized spacial score (nSPS) is 19.8. The zero-order valence-corrected chi connectivity index (χ0v) is 89.1. The van der Waals surface area contributed by atoms with Crippen LogP contribution in [0.4, 0.5) is 0 Å². The average molecular weight is 1760 g/mol. The molecule has 0 saturated carbocycles. The van der Waals surface area contributed by atoms with Crippen LogP contribution in [-0.2, 0) is 60.9 Å². The van der Waals surface area contributed by atoms with Gasteiger partial charge < -0.3 is 58.8 Å². The Morgan fingerprint density at radius 1 is 0.368 bits per heavy atom. The minimum Gasteiger partial charge on any atom is -0.508 e. The smallest absolute Gasteiger partial charge is 0.508 e. The van der Waals surface area contributed by atoms with Crippen molar-refractivity contribution in [2.75, 3.05) is 0 Å². The molecule has 654 valence electrons. The molecule has 3 aromatic rings. The molecule has 0 bridgehead atoms. The Morgan fingerprint density at radius 3 is 1.13 bits per heavy atom. The van der Waals surface area contributed by atoms with Crippen LogP contribution in [0, 0.1) is 47.3 Å². The summed E-state index contributed by atoms with van der Waals surface area (Å²) in [7, 11) is -21.5. The van der Waals surface area contributed by atoms with E-state index in [1.807, 2.05) is 30.3 Å². The lowest BCUT2D eigenvalue weighted by Crippen LogP contribution is -2.58. The lowest BCUT2D eigenvalue weighted by molar-refractivity contribution is 0.251. The van der Waals surface area contributed by atoms with Gasteiger partial charge in [-0.2, -0.15) is 0 Å². The molecular weight excluding hydrogens is 1580 g/mol. The minimum absolute atomic E-state index is 0.0168. The number of aromatic hydroxyl groups is 5. The number of rotatable bonds is 43. The lowest BCUT2D eigenvalue weighted by atomic mass is 9.71. The maximum absolute atomic E-state index is 11.4. The Morgan fingerprint density at radius 2 is 0.711 bits per heavy atom. The predicted octanol–water partition coefficient (Wildman–Crippen LogP) is 28.3. The van der Waals surface area contributed by atoms with E-state index >= 15 is 0 Å². The van der Waals surface area contributed by atoms with E-state index in [2.05, 4.69) is 244 Å². The van der Waals surface area contributed by atoms with Crippen molar-refractivity contribution in [3.63, 3.8) is 0 Å². The Balaban J connectivity index is 0.000000367. The Labute approximate surface area is 710 Å². The Kier molecular flexibility index (Phi) is 41.1. The van der Waals surface area contributed by atoms with E-state index < -0.39 is 84.4 Å². The first-order valence-corrected chi connectivity index (χ1v) is 75.1. The fourth-order valence-electron chi connectivity index (χ4n) is 19.3. The van der Waals surface area contributed by atoms with Gasteiger partial charge in [-0.3, -0.25) is 0 Å². The van der Waals surface area contributed by atoms with Crippen LogP contribution in [0.1, 0.15) is 225 Å². The van der Waals surface area contributed by atoms with Crippen LogP contribution in [0.25, 0.3) is 0 Å². The number of aryl methyl sites for hydroxylation is 3. The van der Waals surface area contributed by atoms with E-state index in [1.165, 1.54) is 80.6 Å². The molecule has 0 aliphatic heterocycles. The SMILES string of the molecule is CCCCCc1cc(O)c(C[C@@H]2C=C(C)CC[C@H]2C(C)C)c(O[Si](C)(O[Si](C)(C)C)O[Si](C)(C)C)c1.CCCCCc1cc(O)c(C[C@@H]2C=C(C)CC[C@H]2C(C)C[Si](C)(C)O[Si](C)(C)C)c(O)c1.CCCCCc1cc(O)c([C@@H]2C=C(C)CC[C@H]2C(C)C[Si](C)(C)O[Si](C)(C)O[Si](C)(C)O[Si](C)(C)O[Si](C)(C)CCCC)c(O)c1. The molecule has 6 rings (SSSR count). The molecule has 2 unspecified atom stereocenters. The number of hydrogen-bond acceptors (Lipinski definition) is 13. The fraction of sp³-hybridized carbons (Fsp3) is 0.736. The van der Waals surface area contributed by atoms with Crippen LogP contribution in [0.5, 0.6) is 34.5 Å². The summed E-state index contributed by atoms with van der Waals surface area (Å²) in [6.45, 7) is 73.9. The molecule has 3 aromatic carbocycles. The van der Waals surface area contributed by atoms with Crippen LogP contribution >= 0.6 is 0 Å². The number of unbranched alkanes of at least 4 members (excludes halogenated alkanes) is 7. The van der Waals surface area contributed by atoms with E-state index in [-0.39, 0.29) is 28.9 Å². The van der Waals surface area contributed by atoms with Crippen molar-refractivity contribution in [2.24, 2.45) is 47.3 Å². The van der Waals surface area contributed by atoms with Gasteiger partial charge in [0.1, 0.15) is 34.5 Å². The monoisotopic (exact) mass is 1750 g/mol. The summed E-state index contributed by atoms with van der Waals surface area (Å²) < 4.78 is 54.3. The first kappa shape index (κ1) is 104. The average Bonchev–Trinajstić information content (AvgIpc) is 0.763. The van der Waals surface area contributed by atoms with Gasteiger partial charge in [0.25, 0.3) is 0 Å². The second-order valence-electron chi connectivity index (χ2n) is 41.7. The molecule has 0 spiro atoms. The quantitative estimate of drug-likeness (QED) is 0.0206. The van der Waals surface area contributed by atoms with Gasteiger partial charge in [-0.05, 0) is 367 Å². The molecule has 114 heavy (non-hydrogen) atoms. The molecule has 23 heteroatoms. The predicted molar refractivity (Wildman–Crippen MR) is 511 cm³/mol. The maximum atomic E-state index is 11.4. The summed E-state index contributed by atoms with van der Waals surface area (Å²) in [4.78, 5) is 0. The summed E-state index contributed by atoms with van der Waals surface area (Å²) >= 11 is 0. The highest BCUT2D eigenvalue weighted by Gasteiger charge is 2.49. The van der Waals surface area contributed by atoms with Gasteiger partial charge in [-0.15, -0.1) is 0 Å². The number of benzene rings is 3. The number of allylic oxidation sites excluding steroid dienone is 6. The topological polar surface area (TPSA) is 175 Å². The molecule has 0 fully saturated rings. The van der Waals surface area contributed by atoms with Crippen LogP contribution < -0.4 is 4.43 Å². The Hall–Kier alpha value is -2.43. The summed E-state index contributed by atoms with van der Waals surface area (Å²) in [5.74, 6) is 5.83. The van der Waals surface area contributed by atoms with Gasteiger partial charge in [0, 0.05) is 29.2 Å². The van der Waals surface area contributed by atoms with E-state index in [0.29, 0.717) is 70.6 Å². The lowest BCUT2D eigenvalue weighted by Gasteiger charge is -2.43. The van der Waals surface area contributed by atoms with E-state index in [4.69, 9.17) is 33.2 Å². The highest BCUT2D eigenvalue weighted by Crippen LogP contribution is 2.50. The molecule has 3 aliphatic carbocycles. The fourth-order valence-corrected chi connectivity index (χ4v) is 64.0. The summed E-state index contributed by atoms with van der Waals surface area (Å²) in [6.07, 6.45) is 30.8. The summed E-state index contributed by atoms with van der Waals surface area (Å²) in [6, 6.07) is 15.0. The van der Waals surface area contributed by atoms with Gasteiger partial charge in [0.2, 0.25) is 0 Å². The van der Waals surface area contributed by atoms with E-state index in [1.54, 1.807) is 0 Å². The molecule has 3 aliphatic rings. The number of hydrogen-bond donors (Lipinski definition) is 5. The first-order valence-electron chi connectivity index (χ1n) is 44.9. The Bertz CT molecular complexity index is 3470. The zero-order chi connectivity index (χ0) is 86.6. The first-order chi connectivity index (χ1) is 52.3. The van der Waals surface area contributed by atoms with Crippen molar-refractivity contribution in [3.05, 3.63) is 105 Å². The van der Waals surface area contributed by atoms with Crippen LogP contribution in [0.15, 0.2) is 71.3 Å². The second kappa shape index (κ2) is 45.1. The van der Waals surface area contributed by atoms with Gasteiger partial charge >= 0.3 is 34.5 Å². The molecular formula is C91H172O13Si10. The van der Waals surface area contributed by atoms with Gasteiger partial charge in [-0.25, -0.2) is 0 Å². The molecule has 8 atom stereocenters. The standard InChI is InChI=1S/C35H70O6Si5.C29H54O4Si3.C27H48O3Si2/c1-15-17-19-20-30-25-33(36)35(34(37)26-30)32-24-28(3)21-22-31(32)29(4)27-43(7,8)39-45(11,12)41-46(13,14)40-44(9,10)38-42(5,6)23-18-16-2;1-12-13-14-15-24-19-28(30)27(21-25-18-23(4)16-17-26(25)22(2)3)29(20-24)31-36(11,32-34(5,6)7)33-35(8,9)10;1-9-10-11-12-22-16-26(28)25(27(29)17-22)18-23-15-20(2)13-14-24(23)21(3)19-32(7,8)30-31(4,5)6/h24-26,29,31-32,36-37H,15-23,27H2,1-14H3;18-20,22,25-26,30H,12-17,21H2,1-11H3;15-17,21,23-24,28-29H,9-14,18-19H2,1-8H3/t29?,31-,32+;25-,26-;21?,23-,24-/m000/s1. The molecule has 0 saturated heterocycles. The van der Waals surface area contributed by atoms with Crippen molar-refractivity contribution in [1.29, 1.82) is 0 Å². The number of phenols is 5.